The van der Waals surface area contributed by atoms with Crippen molar-refractivity contribution >= 4 is 40.9 Å². The Labute approximate surface area is 229 Å². The van der Waals surface area contributed by atoms with Gasteiger partial charge in [0, 0.05) is 0 Å². The van der Waals surface area contributed by atoms with Crippen LogP contribution in [0.4, 0.5) is 21.0 Å². The predicted octanol–water partition coefficient (Wildman–Crippen LogP) is 4.07. The quantitative estimate of drug-likeness (QED) is 0.120. The van der Waals surface area contributed by atoms with Gasteiger partial charge < -0.3 is 62.7 Å². The number of ether oxygens (including phenoxy) is 1. The molecule has 0 saturated carbocycles. The molecule has 2 aliphatic rings. The van der Waals surface area contributed by atoms with Crippen molar-refractivity contribution < 1.29 is 49.9 Å². The Bertz CT molecular complexity index is 737. The number of rotatable bonds is 2. The first kappa shape index (κ1) is 44.7. The van der Waals surface area contributed by atoms with E-state index in [4.69, 9.17) is 9.73 Å². The third-order valence-electron chi connectivity index (χ3n) is 3.24. The molecule has 1 aliphatic carbocycles. The molecule has 0 aromatic heterocycles. The molecule has 1 heterocycles. The summed E-state index contributed by atoms with van der Waals surface area (Å²) >= 11 is 0. The van der Waals surface area contributed by atoms with E-state index in [-0.39, 0.29) is 36.1 Å². The van der Waals surface area contributed by atoms with Gasteiger partial charge in [0.05, 0.1) is 0 Å². The Morgan fingerprint density at radius 3 is 1.65 bits per heavy atom. The number of benzene rings is 1. The maximum Gasteiger partial charge on any atom is 5.00 e. The van der Waals surface area contributed by atoms with E-state index in [1.807, 2.05) is 6.07 Å². The number of halogens is 6. The monoisotopic (exact) mass is 641 g/mol. The number of allylic oxidation sites excluding steroid dienone is 1. The fraction of sp³-hybridized carbons (Fsp3) is 0.391. The van der Waals surface area contributed by atoms with E-state index >= 15 is 0 Å². The molecule has 1 aliphatic heterocycles. The van der Waals surface area contributed by atoms with Gasteiger partial charge in [-0.05, 0) is 33.8 Å². The van der Waals surface area contributed by atoms with E-state index in [1.54, 1.807) is 0 Å². The second-order valence-corrected chi connectivity index (χ2v) is 7.42. The van der Waals surface area contributed by atoms with E-state index in [0.29, 0.717) is 6.61 Å². The van der Waals surface area contributed by atoms with Gasteiger partial charge in [-0.15, -0.1) is 6.08 Å². The maximum absolute atomic E-state index is 9.84. The van der Waals surface area contributed by atoms with Crippen molar-refractivity contribution in [1.29, 1.82) is 0 Å². The zero-order valence-electron chi connectivity index (χ0n) is 20.9. The first-order valence-corrected chi connectivity index (χ1v) is 11.5. The molecule has 0 saturated heterocycles. The molecule has 0 fully saturated rings. The van der Waals surface area contributed by atoms with Crippen molar-refractivity contribution in [3.8, 4) is 0 Å². The first-order chi connectivity index (χ1) is 16.3. The second-order valence-electron chi connectivity index (χ2n) is 6.14. The summed E-state index contributed by atoms with van der Waals surface area (Å²) in [6.45, 7) is 18.6. The van der Waals surface area contributed by atoms with Crippen LogP contribution in [0.1, 0.15) is 24.4 Å². The van der Waals surface area contributed by atoms with Crippen molar-refractivity contribution in [3.05, 3.63) is 54.5 Å². The fourth-order valence-corrected chi connectivity index (χ4v) is 2.30. The van der Waals surface area contributed by atoms with Crippen LogP contribution >= 0.6 is 8.16 Å². The summed E-state index contributed by atoms with van der Waals surface area (Å²) in [5.41, 5.74) is 1.24. The summed E-state index contributed by atoms with van der Waals surface area (Å²) in [5.74, 6) is 1.17. The van der Waals surface area contributed by atoms with E-state index in [2.05, 4.69) is 89.7 Å². The zero-order chi connectivity index (χ0) is 27.8. The normalized spacial score (nSPS) is 17.2. The zero-order valence-corrected chi connectivity index (χ0v) is 23.5. The van der Waals surface area contributed by atoms with Gasteiger partial charge >= 0.3 is 48.6 Å². The van der Waals surface area contributed by atoms with Crippen LogP contribution in [0.2, 0.25) is 0 Å². The Balaban J connectivity index is -0.000000144. The third-order valence-corrected chi connectivity index (χ3v) is 3.24. The summed E-state index contributed by atoms with van der Waals surface area (Å²) in [6.07, 6.45) is 8.96. The first-order valence-electron chi connectivity index (χ1n) is 9.85. The minimum atomic E-state index is -8.55. The van der Waals surface area contributed by atoms with Crippen LogP contribution in [-0.2, 0) is 24.2 Å². The fourth-order valence-electron chi connectivity index (χ4n) is 2.30. The van der Waals surface area contributed by atoms with Crippen molar-refractivity contribution in [2.24, 2.45) is 30.9 Å². The van der Waals surface area contributed by atoms with Gasteiger partial charge in [0.15, 0.2) is 5.90 Å². The molecule has 1 unspecified atom stereocenters. The molecule has 0 amide bonds. The largest absolute Gasteiger partial charge is 5.00 e. The van der Waals surface area contributed by atoms with Crippen LogP contribution in [-0.4, -0.2) is 67.6 Å². The van der Waals surface area contributed by atoms with Gasteiger partial charge in [-0.2, -0.15) is 6.42 Å². The molecule has 0 N–H and O–H groups in total. The van der Waals surface area contributed by atoms with Crippen LogP contribution in [0, 0.1) is 12.3 Å². The van der Waals surface area contributed by atoms with Crippen LogP contribution < -0.4 is 4.70 Å². The molecule has 6 nitrogen and oxygen atoms in total. The second kappa shape index (κ2) is 26.8. The van der Waals surface area contributed by atoms with Gasteiger partial charge in [0.1, 0.15) is 12.6 Å². The van der Waals surface area contributed by atoms with Gasteiger partial charge in [-0.3, -0.25) is 0 Å². The molecule has 3 rings (SSSR count). The number of hydrogen-bond acceptors (Lipinski definition) is 6. The molecule has 211 valence electrons. The summed E-state index contributed by atoms with van der Waals surface area (Å²) in [6, 6.07) is 10.5. The molecule has 37 heavy (non-hydrogen) atoms. The Hall–Kier alpha value is -2.26. The Morgan fingerprint density at radius 2 is 1.30 bits per heavy atom. The van der Waals surface area contributed by atoms with E-state index < -0.39 is 8.16 Å². The van der Waals surface area contributed by atoms with Crippen molar-refractivity contribution in [2.75, 3.05) is 34.8 Å². The molecule has 0 bridgehead atoms. The van der Waals surface area contributed by atoms with Crippen LogP contribution in [0.25, 0.3) is 0 Å². The van der Waals surface area contributed by atoms with E-state index in [9.17, 15) is 21.0 Å². The predicted molar refractivity (Wildman–Crippen MR) is 139 cm³/mol. The van der Waals surface area contributed by atoms with Gasteiger partial charge in [0.25, 0.3) is 0 Å². The summed E-state index contributed by atoms with van der Waals surface area (Å²) in [4.78, 5) is 16.7. The number of aliphatic imine (C=N–C) groups is 5. The van der Waals surface area contributed by atoms with Crippen LogP contribution in [0.5, 0.6) is 0 Å². The van der Waals surface area contributed by atoms with Crippen molar-refractivity contribution in [1.82, 2.24) is 0 Å². The van der Waals surface area contributed by atoms with Crippen LogP contribution in [0.3, 0.4) is 0 Å². The summed E-state index contributed by atoms with van der Waals surface area (Å²) in [7, 11) is -2.44. The van der Waals surface area contributed by atoms with Gasteiger partial charge in [0.2, 0.25) is 0 Å². The molecule has 2 atom stereocenters. The molecule has 1 aromatic carbocycles. The summed E-state index contributed by atoms with van der Waals surface area (Å²) in [5, 5.41) is 0. The van der Waals surface area contributed by atoms with Crippen molar-refractivity contribution in [3.63, 3.8) is 0 Å². The SMILES string of the molecule is C1=CC(C2=N[C@H](c3ccccc3)CO2)[CH-]CC1.FP(F)(F)(F)F.[CH-]=NC.[CH-]=NC.[CH-]=NC.[CH-]=NC.[F-].[Ru+5]. The topological polar surface area (TPSA) is 71.0 Å². The molecular formula is C23H32F6N5OPRu-. The molecule has 14 heteroatoms. The standard InChI is InChI=1S/C15H16NO.4C2H4N.F5P.FH.Ru/c1-3-7-12(8-4-1)14-11-17-15(16-14)13-9-5-2-6-10-13;4*1-3-2;1-6(2,3,4)5;;/h1,3-5,7-10,13-14H,2,6,11H2;4*1H,2H3;;1H;/q5*-1;;;+5/p-1/t13?,14-;;;;;;;/m0......./s1. The molecule has 1 aromatic rings. The maximum atomic E-state index is 9.84. The molecule has 0 spiro atoms. The summed E-state index contributed by atoms with van der Waals surface area (Å²) < 4.78 is 54.9. The van der Waals surface area contributed by atoms with E-state index in [0.717, 1.165) is 18.7 Å². The minimum absolute atomic E-state index is 0. The van der Waals surface area contributed by atoms with Gasteiger partial charge in [-0.25, -0.2) is 4.99 Å². The Morgan fingerprint density at radius 1 is 0.892 bits per heavy atom. The molecular weight excluding hydrogens is 608 g/mol. The van der Waals surface area contributed by atoms with E-state index in [1.165, 1.54) is 33.8 Å². The molecule has 1 radical (unpaired) electrons. The average Bonchev–Trinajstić information content (AvgIpc) is 3.26. The minimum Gasteiger partial charge on any atom is -1.00 e. The van der Waals surface area contributed by atoms with Crippen LogP contribution in [0.15, 0.2) is 67.4 Å². The number of hydrogen-bond donors (Lipinski definition) is 0. The number of nitrogens with zero attached hydrogens (tertiary/aromatic N) is 5. The third kappa shape index (κ3) is 36.0. The smallest absolute Gasteiger partial charge is 1.00 e. The average molecular weight is 641 g/mol. The van der Waals surface area contributed by atoms with Crippen molar-refractivity contribution in [2.45, 2.75) is 18.9 Å². The Kier molecular flexibility index (Phi) is 32.4. The van der Waals surface area contributed by atoms with Gasteiger partial charge in [-0.1, -0.05) is 48.7 Å².